The maximum atomic E-state index is 13.5. The molecule has 1 N–H and O–H groups in total. The van der Waals surface area contributed by atoms with Gasteiger partial charge in [-0.2, -0.15) is 4.98 Å². The topological polar surface area (TPSA) is 59.2 Å². The molecule has 0 spiro atoms. The van der Waals surface area contributed by atoms with Crippen molar-refractivity contribution >= 4 is 0 Å². The number of halogens is 1. The van der Waals surface area contributed by atoms with Crippen molar-refractivity contribution in [3.05, 3.63) is 47.4 Å². The molecule has 1 unspecified atom stereocenters. The molecule has 1 heterocycles. The molecule has 0 aliphatic carbocycles. The number of aliphatic hydroxyl groups excluding tert-OH is 1. The average molecular weight is 264 g/mol. The minimum Gasteiger partial charge on any atom is -0.392 e. The second-order valence-corrected chi connectivity index (χ2v) is 4.89. The third-order valence-electron chi connectivity index (χ3n) is 2.97. The molecule has 0 amide bonds. The van der Waals surface area contributed by atoms with Gasteiger partial charge in [0.1, 0.15) is 5.82 Å². The molecule has 5 heteroatoms. The lowest BCUT2D eigenvalue weighted by molar-refractivity contribution is 0.116. The van der Waals surface area contributed by atoms with E-state index in [1.807, 2.05) is 13.8 Å². The Morgan fingerprint density at radius 1 is 1.32 bits per heavy atom. The van der Waals surface area contributed by atoms with E-state index in [2.05, 4.69) is 10.1 Å². The lowest BCUT2D eigenvalue weighted by Crippen LogP contribution is -2.17. The second kappa shape index (κ2) is 5.93. The fraction of sp³-hybridized carbons (Fsp3) is 0.429. The van der Waals surface area contributed by atoms with Crippen LogP contribution in [0.1, 0.15) is 31.1 Å². The van der Waals surface area contributed by atoms with E-state index in [4.69, 9.17) is 4.52 Å². The zero-order chi connectivity index (χ0) is 13.8. The molecule has 0 saturated carbocycles. The van der Waals surface area contributed by atoms with Gasteiger partial charge in [0.15, 0.2) is 5.82 Å². The van der Waals surface area contributed by atoms with Crippen LogP contribution in [0.5, 0.6) is 0 Å². The van der Waals surface area contributed by atoms with E-state index in [-0.39, 0.29) is 18.2 Å². The van der Waals surface area contributed by atoms with E-state index >= 15 is 0 Å². The summed E-state index contributed by atoms with van der Waals surface area (Å²) in [6.45, 7) is 3.84. The van der Waals surface area contributed by atoms with Gasteiger partial charge in [0, 0.05) is 6.42 Å². The molecule has 1 atom stereocenters. The minimum absolute atomic E-state index is 0.127. The van der Waals surface area contributed by atoms with Gasteiger partial charge in [-0.25, -0.2) is 4.39 Å². The largest absolute Gasteiger partial charge is 0.392 e. The first-order valence-corrected chi connectivity index (χ1v) is 6.29. The Bertz CT molecular complexity index is 540. The van der Waals surface area contributed by atoms with E-state index in [1.165, 1.54) is 6.07 Å². The van der Waals surface area contributed by atoms with Gasteiger partial charge in [-0.1, -0.05) is 37.2 Å². The van der Waals surface area contributed by atoms with Gasteiger partial charge in [-0.05, 0) is 17.5 Å². The lowest BCUT2D eigenvalue weighted by atomic mass is 10.0. The summed E-state index contributed by atoms with van der Waals surface area (Å²) in [6.07, 6.45) is 0.0948. The van der Waals surface area contributed by atoms with Crippen LogP contribution in [-0.4, -0.2) is 21.4 Å². The highest BCUT2D eigenvalue weighted by Gasteiger charge is 2.15. The van der Waals surface area contributed by atoms with Crippen molar-refractivity contribution in [2.75, 3.05) is 0 Å². The van der Waals surface area contributed by atoms with E-state index in [0.29, 0.717) is 23.7 Å². The highest BCUT2D eigenvalue weighted by atomic mass is 19.1. The predicted octanol–water partition coefficient (Wildman–Crippen LogP) is 2.36. The number of nitrogens with zero attached hydrogens (tertiary/aromatic N) is 2. The Labute approximate surface area is 111 Å². The molecule has 1 aromatic heterocycles. The van der Waals surface area contributed by atoms with Gasteiger partial charge >= 0.3 is 0 Å². The Balaban J connectivity index is 2.04. The van der Waals surface area contributed by atoms with Gasteiger partial charge in [0.05, 0.1) is 12.5 Å². The van der Waals surface area contributed by atoms with Crippen LogP contribution in [0.25, 0.3) is 0 Å². The normalized spacial score (nSPS) is 12.9. The Hall–Kier alpha value is -1.75. The van der Waals surface area contributed by atoms with E-state index in [0.717, 1.165) is 0 Å². The number of hydrogen-bond donors (Lipinski definition) is 1. The van der Waals surface area contributed by atoms with E-state index < -0.39 is 6.10 Å². The summed E-state index contributed by atoms with van der Waals surface area (Å²) in [5.74, 6) is 0.654. The quantitative estimate of drug-likeness (QED) is 0.900. The number of benzene rings is 1. The van der Waals surface area contributed by atoms with E-state index in [1.54, 1.807) is 18.2 Å². The van der Waals surface area contributed by atoms with E-state index in [9.17, 15) is 9.50 Å². The maximum absolute atomic E-state index is 13.5. The smallest absolute Gasteiger partial charge is 0.229 e. The van der Waals surface area contributed by atoms with Gasteiger partial charge in [0.25, 0.3) is 0 Å². The van der Waals surface area contributed by atoms with Crippen molar-refractivity contribution in [2.45, 2.75) is 32.8 Å². The number of aliphatic hydroxyl groups is 1. The molecule has 0 aliphatic heterocycles. The lowest BCUT2D eigenvalue weighted by Gasteiger charge is -2.10. The molecule has 2 rings (SSSR count). The maximum Gasteiger partial charge on any atom is 0.229 e. The number of hydrogen-bond acceptors (Lipinski definition) is 4. The van der Waals surface area contributed by atoms with Gasteiger partial charge in [-0.15, -0.1) is 0 Å². The third-order valence-corrected chi connectivity index (χ3v) is 2.97. The molecule has 0 saturated heterocycles. The van der Waals surface area contributed by atoms with Crippen LogP contribution < -0.4 is 0 Å². The Kier molecular flexibility index (Phi) is 4.27. The predicted molar refractivity (Wildman–Crippen MR) is 68.1 cm³/mol. The summed E-state index contributed by atoms with van der Waals surface area (Å²) in [5.41, 5.74) is 0.527. The SMILES string of the molecule is CC(C)C(O)Cc1nc(Cc2ccccc2F)no1. The average Bonchev–Trinajstić information content (AvgIpc) is 2.79. The Morgan fingerprint density at radius 2 is 2.05 bits per heavy atom. The van der Waals surface area contributed by atoms with Crippen LogP contribution >= 0.6 is 0 Å². The van der Waals surface area contributed by atoms with Gasteiger partial charge < -0.3 is 9.63 Å². The standard InChI is InChI=1S/C14H17FN2O2/c1-9(2)12(18)8-14-16-13(17-19-14)7-10-5-3-4-6-11(10)15/h3-6,9,12,18H,7-8H2,1-2H3. The molecule has 4 nitrogen and oxygen atoms in total. The summed E-state index contributed by atoms with van der Waals surface area (Å²) >= 11 is 0. The van der Waals surface area contributed by atoms with Crippen LogP contribution in [0.2, 0.25) is 0 Å². The summed E-state index contributed by atoms with van der Waals surface area (Å²) in [4.78, 5) is 4.16. The molecule has 0 fully saturated rings. The van der Waals surface area contributed by atoms with Gasteiger partial charge in [-0.3, -0.25) is 0 Å². The summed E-state index contributed by atoms with van der Waals surface area (Å²) in [6, 6.07) is 6.49. The second-order valence-electron chi connectivity index (χ2n) is 4.89. The van der Waals surface area contributed by atoms with Crippen molar-refractivity contribution in [1.29, 1.82) is 0 Å². The van der Waals surface area contributed by atoms with Crippen LogP contribution in [0.4, 0.5) is 4.39 Å². The zero-order valence-corrected chi connectivity index (χ0v) is 11.0. The molecule has 0 aliphatic rings. The first-order valence-electron chi connectivity index (χ1n) is 6.29. The Morgan fingerprint density at radius 3 is 2.74 bits per heavy atom. The summed E-state index contributed by atoms with van der Waals surface area (Å²) in [7, 11) is 0. The van der Waals surface area contributed by atoms with Crippen LogP contribution in [0.15, 0.2) is 28.8 Å². The molecular formula is C14H17FN2O2. The number of aromatic nitrogens is 2. The first kappa shape index (κ1) is 13.7. The third kappa shape index (κ3) is 3.61. The molecule has 19 heavy (non-hydrogen) atoms. The molecule has 2 aromatic rings. The molecule has 0 bridgehead atoms. The molecule has 102 valence electrons. The molecular weight excluding hydrogens is 247 g/mol. The van der Waals surface area contributed by atoms with Crippen LogP contribution in [0.3, 0.4) is 0 Å². The number of rotatable bonds is 5. The molecule has 1 aromatic carbocycles. The highest BCUT2D eigenvalue weighted by molar-refractivity contribution is 5.20. The fourth-order valence-corrected chi connectivity index (χ4v) is 1.67. The van der Waals surface area contributed by atoms with Crippen molar-refractivity contribution in [3.8, 4) is 0 Å². The van der Waals surface area contributed by atoms with Crippen LogP contribution in [0, 0.1) is 11.7 Å². The highest BCUT2D eigenvalue weighted by Crippen LogP contribution is 2.13. The van der Waals surface area contributed by atoms with Gasteiger partial charge in [0.2, 0.25) is 5.89 Å². The van der Waals surface area contributed by atoms with Crippen molar-refractivity contribution in [3.63, 3.8) is 0 Å². The minimum atomic E-state index is -0.512. The van der Waals surface area contributed by atoms with Crippen LogP contribution in [-0.2, 0) is 12.8 Å². The fourth-order valence-electron chi connectivity index (χ4n) is 1.67. The summed E-state index contributed by atoms with van der Waals surface area (Å²) < 4.78 is 18.5. The van der Waals surface area contributed by atoms with Crippen molar-refractivity contribution in [1.82, 2.24) is 10.1 Å². The molecule has 0 radical (unpaired) electrons. The van der Waals surface area contributed by atoms with Crippen molar-refractivity contribution < 1.29 is 14.0 Å². The zero-order valence-electron chi connectivity index (χ0n) is 11.0. The summed E-state index contributed by atoms with van der Waals surface area (Å²) in [5, 5.41) is 13.5. The van der Waals surface area contributed by atoms with Crippen molar-refractivity contribution in [2.24, 2.45) is 5.92 Å². The first-order chi connectivity index (χ1) is 9.06. The monoisotopic (exact) mass is 264 g/mol.